The van der Waals surface area contributed by atoms with Crippen molar-refractivity contribution in [2.24, 2.45) is 0 Å². The molecule has 1 aromatic heterocycles. The molecule has 1 aliphatic rings. The van der Waals surface area contributed by atoms with Crippen molar-refractivity contribution in [3.8, 4) is 0 Å². The van der Waals surface area contributed by atoms with Gasteiger partial charge in [0.15, 0.2) is 5.16 Å². The Bertz CT molecular complexity index is 645. The molecule has 0 saturated heterocycles. The summed E-state index contributed by atoms with van der Waals surface area (Å²) in [6, 6.07) is 0. The van der Waals surface area contributed by atoms with E-state index < -0.39 is 0 Å². The summed E-state index contributed by atoms with van der Waals surface area (Å²) in [7, 11) is 0. The number of benzene rings is 1. The number of halogens is 1. The van der Waals surface area contributed by atoms with Crippen molar-refractivity contribution in [1.29, 1.82) is 0 Å². The van der Waals surface area contributed by atoms with Gasteiger partial charge in [0.1, 0.15) is 0 Å². The zero-order valence-corrected chi connectivity index (χ0v) is 13.4. The van der Waals surface area contributed by atoms with Gasteiger partial charge in [0.25, 0.3) is 0 Å². The summed E-state index contributed by atoms with van der Waals surface area (Å²) in [6.45, 7) is 5.68. The normalized spacial score (nSPS) is 14.7. The predicted molar refractivity (Wildman–Crippen MR) is 81.7 cm³/mol. The quantitative estimate of drug-likeness (QED) is 0.614. The number of hydrogen-bond acceptors (Lipinski definition) is 4. The van der Waals surface area contributed by atoms with Gasteiger partial charge >= 0.3 is 0 Å². The molecule has 2 heterocycles. The smallest absolute Gasteiger partial charge is 0.188 e. The third-order valence-corrected chi connectivity index (χ3v) is 5.24. The molecular formula is C14H15BrN2OS. The SMILES string of the molecule is CCSc1ncc2c3c(c(Br)c(C)c2n1)COCC3. The van der Waals surface area contributed by atoms with Gasteiger partial charge in [-0.2, -0.15) is 0 Å². The summed E-state index contributed by atoms with van der Waals surface area (Å²) in [4.78, 5) is 9.19. The largest absolute Gasteiger partial charge is 0.376 e. The molecule has 0 aliphatic carbocycles. The van der Waals surface area contributed by atoms with E-state index in [0.717, 1.165) is 33.9 Å². The minimum Gasteiger partial charge on any atom is -0.376 e. The van der Waals surface area contributed by atoms with Crippen molar-refractivity contribution >= 4 is 38.6 Å². The van der Waals surface area contributed by atoms with Crippen molar-refractivity contribution in [3.63, 3.8) is 0 Å². The van der Waals surface area contributed by atoms with Gasteiger partial charge in [-0.3, -0.25) is 0 Å². The summed E-state index contributed by atoms with van der Waals surface area (Å²) in [5, 5.41) is 2.04. The Morgan fingerprint density at radius 2 is 2.26 bits per heavy atom. The van der Waals surface area contributed by atoms with Crippen LogP contribution in [0.1, 0.15) is 23.6 Å². The van der Waals surface area contributed by atoms with Gasteiger partial charge in [0.05, 0.1) is 18.7 Å². The summed E-state index contributed by atoms with van der Waals surface area (Å²) in [6.07, 6.45) is 2.91. The Labute approximate surface area is 125 Å². The first kappa shape index (κ1) is 13.3. The highest BCUT2D eigenvalue weighted by Crippen LogP contribution is 2.35. The van der Waals surface area contributed by atoms with Gasteiger partial charge in [-0.1, -0.05) is 34.6 Å². The van der Waals surface area contributed by atoms with Crippen molar-refractivity contribution in [2.75, 3.05) is 12.4 Å². The lowest BCUT2D eigenvalue weighted by molar-refractivity contribution is 0.110. The van der Waals surface area contributed by atoms with Crippen molar-refractivity contribution in [3.05, 3.63) is 27.4 Å². The molecule has 0 radical (unpaired) electrons. The molecule has 19 heavy (non-hydrogen) atoms. The fraction of sp³-hybridized carbons (Fsp3) is 0.429. The minimum atomic E-state index is 0.679. The third-order valence-electron chi connectivity index (χ3n) is 3.42. The zero-order chi connectivity index (χ0) is 13.4. The van der Waals surface area contributed by atoms with Crippen LogP contribution in [0.15, 0.2) is 15.8 Å². The number of ether oxygens (including phenoxy) is 1. The molecule has 0 N–H and O–H groups in total. The van der Waals surface area contributed by atoms with Gasteiger partial charge in [0, 0.05) is 16.1 Å². The number of aryl methyl sites for hydroxylation is 1. The van der Waals surface area contributed by atoms with Crippen LogP contribution in [-0.4, -0.2) is 22.3 Å². The molecule has 0 bridgehead atoms. The van der Waals surface area contributed by atoms with Gasteiger partial charge in [-0.25, -0.2) is 9.97 Å². The predicted octanol–water partition coefficient (Wildman–Crippen LogP) is 3.89. The van der Waals surface area contributed by atoms with Crippen LogP contribution < -0.4 is 0 Å². The van der Waals surface area contributed by atoms with Crippen LogP contribution in [-0.2, 0) is 17.8 Å². The van der Waals surface area contributed by atoms with E-state index in [1.165, 1.54) is 22.1 Å². The highest BCUT2D eigenvalue weighted by molar-refractivity contribution is 9.10. The van der Waals surface area contributed by atoms with Crippen LogP contribution in [0, 0.1) is 6.92 Å². The van der Waals surface area contributed by atoms with Crippen LogP contribution in [0.2, 0.25) is 0 Å². The van der Waals surface area contributed by atoms with Crippen molar-refractivity contribution < 1.29 is 4.74 Å². The molecule has 2 aromatic rings. The number of aromatic nitrogens is 2. The summed E-state index contributed by atoms with van der Waals surface area (Å²) < 4.78 is 6.71. The van der Waals surface area contributed by atoms with E-state index in [9.17, 15) is 0 Å². The number of hydrogen-bond donors (Lipinski definition) is 0. The van der Waals surface area contributed by atoms with E-state index in [1.807, 2.05) is 6.20 Å². The van der Waals surface area contributed by atoms with Crippen LogP contribution in [0.3, 0.4) is 0 Å². The van der Waals surface area contributed by atoms with Crippen LogP contribution in [0.4, 0.5) is 0 Å². The van der Waals surface area contributed by atoms with Crippen molar-refractivity contribution in [1.82, 2.24) is 9.97 Å². The molecule has 0 unspecified atom stereocenters. The topological polar surface area (TPSA) is 35.0 Å². The van der Waals surface area contributed by atoms with E-state index in [1.54, 1.807) is 11.8 Å². The second-order valence-electron chi connectivity index (χ2n) is 4.55. The Kier molecular flexibility index (Phi) is 3.78. The van der Waals surface area contributed by atoms with E-state index >= 15 is 0 Å². The van der Waals surface area contributed by atoms with Crippen LogP contribution >= 0.6 is 27.7 Å². The highest BCUT2D eigenvalue weighted by atomic mass is 79.9. The summed E-state index contributed by atoms with van der Waals surface area (Å²) in [5.41, 5.74) is 4.85. The first-order chi connectivity index (χ1) is 9.22. The average Bonchev–Trinajstić information content (AvgIpc) is 2.45. The second kappa shape index (κ2) is 5.38. The van der Waals surface area contributed by atoms with Gasteiger partial charge < -0.3 is 4.74 Å². The maximum Gasteiger partial charge on any atom is 0.188 e. The number of fused-ring (bicyclic) bond motifs is 3. The monoisotopic (exact) mass is 338 g/mol. The zero-order valence-electron chi connectivity index (χ0n) is 11.0. The number of nitrogens with zero attached hydrogens (tertiary/aromatic N) is 2. The van der Waals surface area contributed by atoms with E-state index in [4.69, 9.17) is 9.72 Å². The Balaban J connectivity index is 2.28. The second-order valence-corrected chi connectivity index (χ2v) is 6.57. The molecule has 0 spiro atoms. The minimum absolute atomic E-state index is 0.679. The lowest BCUT2D eigenvalue weighted by atomic mass is 9.96. The maximum atomic E-state index is 5.57. The molecule has 5 heteroatoms. The Morgan fingerprint density at radius 1 is 1.42 bits per heavy atom. The van der Waals surface area contributed by atoms with Gasteiger partial charge in [-0.15, -0.1) is 0 Å². The van der Waals surface area contributed by atoms with E-state index in [2.05, 4.69) is 34.8 Å². The first-order valence-electron chi connectivity index (χ1n) is 6.39. The third kappa shape index (κ3) is 2.28. The molecule has 0 atom stereocenters. The highest BCUT2D eigenvalue weighted by Gasteiger charge is 2.20. The molecule has 1 aliphatic heterocycles. The lowest BCUT2D eigenvalue weighted by Gasteiger charge is -2.21. The molecule has 1 aromatic carbocycles. The molecule has 100 valence electrons. The molecule has 0 saturated carbocycles. The van der Waals surface area contributed by atoms with Gasteiger partial charge in [-0.05, 0) is 35.8 Å². The van der Waals surface area contributed by atoms with E-state index in [-0.39, 0.29) is 0 Å². The van der Waals surface area contributed by atoms with Crippen molar-refractivity contribution in [2.45, 2.75) is 32.0 Å². The Morgan fingerprint density at radius 3 is 3.05 bits per heavy atom. The van der Waals surface area contributed by atoms with Gasteiger partial charge in [0.2, 0.25) is 0 Å². The number of rotatable bonds is 2. The van der Waals surface area contributed by atoms with E-state index in [0.29, 0.717) is 6.61 Å². The maximum absolute atomic E-state index is 5.57. The van der Waals surface area contributed by atoms with Crippen LogP contribution in [0.25, 0.3) is 10.9 Å². The summed E-state index contributed by atoms with van der Waals surface area (Å²) in [5.74, 6) is 0.991. The molecule has 0 amide bonds. The summed E-state index contributed by atoms with van der Waals surface area (Å²) >= 11 is 5.38. The molecule has 3 rings (SSSR count). The number of thioether (sulfide) groups is 1. The molecule has 0 fully saturated rings. The first-order valence-corrected chi connectivity index (χ1v) is 8.17. The fourth-order valence-electron chi connectivity index (χ4n) is 2.48. The average molecular weight is 339 g/mol. The standard InChI is InChI=1S/C14H15BrN2OS/c1-3-19-14-16-6-10-9-4-5-18-7-11(9)12(15)8(2)13(10)17-14/h6H,3-5,7H2,1-2H3. The van der Waals surface area contributed by atoms with Crippen LogP contribution in [0.5, 0.6) is 0 Å². The lowest BCUT2D eigenvalue weighted by Crippen LogP contribution is -2.12. The fourth-order valence-corrected chi connectivity index (χ4v) is 3.56. The molecule has 3 nitrogen and oxygen atoms in total. The molecular weight excluding hydrogens is 324 g/mol. The Hall–Kier alpha value is -0.650.